The Morgan fingerprint density at radius 2 is 1.95 bits per heavy atom. The van der Waals surface area contributed by atoms with E-state index in [2.05, 4.69) is 25.2 Å². The predicted octanol–water partition coefficient (Wildman–Crippen LogP) is 4.42. The minimum atomic E-state index is -0.295. The predicted molar refractivity (Wildman–Crippen MR) is 79.6 cm³/mol. The van der Waals surface area contributed by atoms with E-state index in [-0.39, 0.29) is 5.82 Å². The van der Waals surface area contributed by atoms with Gasteiger partial charge in [0, 0.05) is 24.2 Å². The van der Waals surface area contributed by atoms with E-state index in [1.165, 1.54) is 17.7 Å². The van der Waals surface area contributed by atoms with Gasteiger partial charge in [0.25, 0.3) is 0 Å². The van der Waals surface area contributed by atoms with Crippen LogP contribution in [-0.2, 0) is 6.54 Å². The van der Waals surface area contributed by atoms with Gasteiger partial charge in [-0.2, -0.15) is 0 Å². The van der Waals surface area contributed by atoms with E-state index in [0.29, 0.717) is 11.8 Å². The first kappa shape index (κ1) is 14.5. The summed E-state index contributed by atoms with van der Waals surface area (Å²) in [6, 6.07) is 12.6. The number of nitrogens with one attached hydrogen (secondary N) is 1. The van der Waals surface area contributed by atoms with Crippen LogP contribution in [0.15, 0.2) is 42.5 Å². The number of ether oxygens (including phenoxy) is 1. The van der Waals surface area contributed by atoms with Crippen LogP contribution in [0.25, 0.3) is 0 Å². The summed E-state index contributed by atoms with van der Waals surface area (Å²) in [7, 11) is 0. The molecule has 20 heavy (non-hydrogen) atoms. The Bertz CT molecular complexity index is 581. The van der Waals surface area contributed by atoms with E-state index in [1.54, 1.807) is 12.1 Å². The molecule has 0 atom stereocenters. The molecule has 0 saturated heterocycles. The van der Waals surface area contributed by atoms with E-state index >= 15 is 0 Å². The van der Waals surface area contributed by atoms with Gasteiger partial charge in [0.1, 0.15) is 17.3 Å². The molecule has 0 aliphatic carbocycles. The summed E-state index contributed by atoms with van der Waals surface area (Å²) in [6.45, 7) is 6.97. The van der Waals surface area contributed by atoms with Gasteiger partial charge in [-0.15, -0.1) is 0 Å². The topological polar surface area (TPSA) is 21.3 Å². The fraction of sp³-hybridized carbons (Fsp3) is 0.294. The zero-order valence-electron chi connectivity index (χ0n) is 12.1. The Morgan fingerprint density at radius 1 is 1.15 bits per heavy atom. The lowest BCUT2D eigenvalue weighted by molar-refractivity contribution is 0.464. The van der Waals surface area contributed by atoms with Gasteiger partial charge >= 0.3 is 0 Å². The lowest BCUT2D eigenvalue weighted by atomic mass is 10.1. The lowest BCUT2D eigenvalue weighted by Crippen LogP contribution is -2.22. The molecule has 2 nitrogen and oxygen atoms in total. The number of halogens is 1. The van der Waals surface area contributed by atoms with Gasteiger partial charge < -0.3 is 10.1 Å². The summed E-state index contributed by atoms with van der Waals surface area (Å²) >= 11 is 0. The van der Waals surface area contributed by atoms with E-state index in [0.717, 1.165) is 17.9 Å². The molecular weight excluding hydrogens is 253 g/mol. The molecular formula is C17H20FNO. The van der Waals surface area contributed by atoms with Crippen molar-refractivity contribution < 1.29 is 9.13 Å². The fourth-order valence-corrected chi connectivity index (χ4v) is 1.92. The van der Waals surface area contributed by atoms with Crippen LogP contribution in [0.5, 0.6) is 11.5 Å². The summed E-state index contributed by atoms with van der Waals surface area (Å²) in [4.78, 5) is 0. The minimum absolute atomic E-state index is 0.295. The lowest BCUT2D eigenvalue weighted by Gasteiger charge is -2.14. The van der Waals surface area contributed by atoms with Crippen molar-refractivity contribution in [2.24, 2.45) is 0 Å². The van der Waals surface area contributed by atoms with Crippen molar-refractivity contribution in [1.29, 1.82) is 0 Å². The van der Waals surface area contributed by atoms with Crippen LogP contribution in [0.3, 0.4) is 0 Å². The molecule has 0 aliphatic heterocycles. The zero-order valence-corrected chi connectivity index (χ0v) is 12.1. The second kappa shape index (κ2) is 6.53. The van der Waals surface area contributed by atoms with E-state index < -0.39 is 0 Å². The summed E-state index contributed by atoms with van der Waals surface area (Å²) < 4.78 is 19.0. The SMILES string of the molecule is Cc1ccc(Oc2cccc(F)c2)c(CNC(C)C)c1. The van der Waals surface area contributed by atoms with Crippen LogP contribution >= 0.6 is 0 Å². The Labute approximate surface area is 119 Å². The summed E-state index contributed by atoms with van der Waals surface area (Å²) in [6.07, 6.45) is 0. The number of hydrogen-bond acceptors (Lipinski definition) is 2. The number of aryl methyl sites for hydroxylation is 1. The van der Waals surface area contributed by atoms with Gasteiger partial charge in [0.15, 0.2) is 0 Å². The maximum Gasteiger partial charge on any atom is 0.131 e. The van der Waals surface area contributed by atoms with E-state index in [1.807, 2.05) is 19.1 Å². The largest absolute Gasteiger partial charge is 0.457 e. The van der Waals surface area contributed by atoms with E-state index in [4.69, 9.17) is 4.74 Å². The van der Waals surface area contributed by atoms with Crippen LogP contribution in [0.1, 0.15) is 25.0 Å². The van der Waals surface area contributed by atoms with Gasteiger partial charge in [0.2, 0.25) is 0 Å². The van der Waals surface area contributed by atoms with Gasteiger partial charge in [-0.25, -0.2) is 4.39 Å². The second-order valence-electron chi connectivity index (χ2n) is 5.21. The zero-order chi connectivity index (χ0) is 14.5. The van der Waals surface area contributed by atoms with Gasteiger partial charge in [0.05, 0.1) is 0 Å². The number of hydrogen-bond donors (Lipinski definition) is 1. The number of benzene rings is 2. The molecule has 106 valence electrons. The number of rotatable bonds is 5. The fourth-order valence-electron chi connectivity index (χ4n) is 1.92. The highest BCUT2D eigenvalue weighted by Gasteiger charge is 2.07. The van der Waals surface area contributed by atoms with Crippen molar-refractivity contribution in [2.45, 2.75) is 33.4 Å². The molecule has 0 fully saturated rings. The summed E-state index contributed by atoms with van der Waals surface area (Å²) in [5.74, 6) is 0.977. The highest BCUT2D eigenvalue weighted by molar-refractivity contribution is 5.40. The normalized spacial score (nSPS) is 10.8. The van der Waals surface area contributed by atoms with Gasteiger partial charge in [-0.3, -0.25) is 0 Å². The van der Waals surface area contributed by atoms with Crippen molar-refractivity contribution in [2.75, 3.05) is 0 Å². The highest BCUT2D eigenvalue weighted by Crippen LogP contribution is 2.26. The Hall–Kier alpha value is -1.87. The van der Waals surface area contributed by atoms with Crippen LogP contribution < -0.4 is 10.1 Å². The standard InChI is InChI=1S/C17H20FNO/c1-12(2)19-11-14-9-13(3)7-8-17(14)20-16-6-4-5-15(18)10-16/h4-10,12,19H,11H2,1-3H3. The van der Waals surface area contributed by atoms with Gasteiger partial charge in [-0.05, 0) is 25.1 Å². The molecule has 3 heteroatoms. The third kappa shape index (κ3) is 4.07. The molecule has 0 heterocycles. The van der Waals surface area contributed by atoms with Crippen molar-refractivity contribution in [3.8, 4) is 11.5 Å². The molecule has 0 spiro atoms. The smallest absolute Gasteiger partial charge is 0.131 e. The first-order chi connectivity index (χ1) is 9.54. The Morgan fingerprint density at radius 3 is 2.65 bits per heavy atom. The molecule has 0 saturated carbocycles. The van der Waals surface area contributed by atoms with Crippen LogP contribution in [-0.4, -0.2) is 6.04 Å². The Kier molecular flexibility index (Phi) is 4.74. The molecule has 0 radical (unpaired) electrons. The average molecular weight is 273 g/mol. The molecule has 2 aromatic rings. The molecule has 0 unspecified atom stereocenters. The van der Waals surface area contributed by atoms with Crippen LogP contribution in [0.2, 0.25) is 0 Å². The molecule has 0 amide bonds. The second-order valence-corrected chi connectivity index (χ2v) is 5.21. The van der Waals surface area contributed by atoms with Crippen molar-refractivity contribution in [3.63, 3.8) is 0 Å². The van der Waals surface area contributed by atoms with Crippen molar-refractivity contribution in [1.82, 2.24) is 5.32 Å². The third-order valence-electron chi connectivity index (χ3n) is 2.94. The monoisotopic (exact) mass is 273 g/mol. The first-order valence-corrected chi connectivity index (χ1v) is 6.81. The average Bonchev–Trinajstić information content (AvgIpc) is 2.39. The quantitative estimate of drug-likeness (QED) is 0.870. The summed E-state index contributed by atoms with van der Waals surface area (Å²) in [5, 5.41) is 3.37. The van der Waals surface area contributed by atoms with Crippen molar-refractivity contribution in [3.05, 3.63) is 59.4 Å². The molecule has 1 N–H and O–H groups in total. The van der Waals surface area contributed by atoms with Crippen LogP contribution in [0.4, 0.5) is 4.39 Å². The van der Waals surface area contributed by atoms with Crippen molar-refractivity contribution >= 4 is 0 Å². The van der Waals surface area contributed by atoms with E-state index in [9.17, 15) is 4.39 Å². The molecule has 2 aromatic carbocycles. The maximum atomic E-state index is 13.2. The molecule has 0 aromatic heterocycles. The molecule has 2 rings (SSSR count). The summed E-state index contributed by atoms with van der Waals surface area (Å²) in [5.41, 5.74) is 2.25. The maximum absolute atomic E-state index is 13.2. The first-order valence-electron chi connectivity index (χ1n) is 6.81. The minimum Gasteiger partial charge on any atom is -0.457 e. The van der Waals surface area contributed by atoms with Gasteiger partial charge in [-0.1, -0.05) is 37.6 Å². The Balaban J connectivity index is 2.21. The third-order valence-corrected chi connectivity index (χ3v) is 2.94. The molecule has 0 aliphatic rings. The van der Waals surface area contributed by atoms with Crippen LogP contribution in [0, 0.1) is 12.7 Å². The highest BCUT2D eigenvalue weighted by atomic mass is 19.1. The molecule has 0 bridgehead atoms.